The van der Waals surface area contributed by atoms with Crippen molar-refractivity contribution in [1.82, 2.24) is 15.0 Å². The molecule has 2 heterocycles. The molecule has 5 aromatic rings. The Hall–Kier alpha value is -4.83. The molecule has 0 atom stereocenters. The number of benzene rings is 3. The van der Waals surface area contributed by atoms with E-state index in [2.05, 4.69) is 25.6 Å². The molecule has 5 rings (SSSR count). The van der Waals surface area contributed by atoms with Crippen molar-refractivity contribution in [3.63, 3.8) is 0 Å². The topological polar surface area (TPSA) is 126 Å². The quantitative estimate of drug-likeness (QED) is 0.278. The van der Waals surface area contributed by atoms with Gasteiger partial charge in [-0.15, -0.1) is 11.3 Å². The van der Waals surface area contributed by atoms with Crippen molar-refractivity contribution >= 4 is 51.0 Å². The van der Waals surface area contributed by atoms with Crippen molar-refractivity contribution in [3.05, 3.63) is 101 Å². The number of nitrogens with one attached hydrogen (secondary N) is 3. The number of rotatable bonds is 7. The van der Waals surface area contributed by atoms with Gasteiger partial charge in [-0.2, -0.15) is 0 Å². The Morgan fingerprint density at radius 2 is 1.64 bits per heavy atom. The second-order valence-electron chi connectivity index (χ2n) is 7.66. The molecule has 0 radical (unpaired) electrons. The molecule has 10 heteroatoms. The molecule has 178 valence electrons. The highest BCUT2D eigenvalue weighted by Gasteiger charge is 2.17. The summed E-state index contributed by atoms with van der Waals surface area (Å²) >= 11 is 1.12. The Morgan fingerprint density at radius 3 is 2.44 bits per heavy atom. The number of hydrogen-bond donors (Lipinski definition) is 3. The van der Waals surface area contributed by atoms with Gasteiger partial charge in [0, 0.05) is 16.5 Å². The van der Waals surface area contributed by atoms with Crippen molar-refractivity contribution in [3.8, 4) is 5.75 Å². The number of aromatic amines is 1. The lowest BCUT2D eigenvalue weighted by Gasteiger charge is -2.07. The van der Waals surface area contributed by atoms with Gasteiger partial charge in [-0.05, 0) is 30.3 Å². The average molecular weight is 498 g/mol. The Bertz CT molecular complexity index is 1590. The van der Waals surface area contributed by atoms with Crippen LogP contribution < -0.4 is 15.4 Å². The lowest BCUT2D eigenvalue weighted by Crippen LogP contribution is -2.15. The maximum absolute atomic E-state index is 12.7. The lowest BCUT2D eigenvalue weighted by atomic mass is 10.0. The first kappa shape index (κ1) is 22.9. The minimum absolute atomic E-state index is 0.115. The fourth-order valence-electron chi connectivity index (χ4n) is 3.57. The van der Waals surface area contributed by atoms with Crippen LogP contribution in [0.5, 0.6) is 5.75 Å². The Kier molecular flexibility index (Phi) is 6.25. The maximum Gasteiger partial charge on any atom is 0.277 e. The number of ether oxygens (including phenoxy) is 1. The van der Waals surface area contributed by atoms with E-state index in [0.29, 0.717) is 33.5 Å². The van der Waals surface area contributed by atoms with E-state index >= 15 is 0 Å². The second-order valence-corrected chi connectivity index (χ2v) is 8.52. The van der Waals surface area contributed by atoms with E-state index in [-0.39, 0.29) is 22.6 Å². The van der Waals surface area contributed by atoms with Crippen LogP contribution >= 0.6 is 11.3 Å². The van der Waals surface area contributed by atoms with Gasteiger partial charge in [-0.25, -0.2) is 9.97 Å². The third-order valence-corrected chi connectivity index (χ3v) is 6.08. The normalized spacial score (nSPS) is 10.7. The highest BCUT2D eigenvalue weighted by Crippen LogP contribution is 2.22. The highest BCUT2D eigenvalue weighted by molar-refractivity contribution is 7.14. The number of thiazole rings is 1. The van der Waals surface area contributed by atoms with Gasteiger partial charge in [0.15, 0.2) is 10.9 Å². The summed E-state index contributed by atoms with van der Waals surface area (Å²) < 4.78 is 5.21. The monoisotopic (exact) mass is 497 g/mol. The number of para-hydroxylation sites is 1. The number of carbonyl (C=O) groups is 3. The van der Waals surface area contributed by atoms with E-state index in [9.17, 15) is 14.4 Å². The van der Waals surface area contributed by atoms with Crippen LogP contribution in [0, 0.1) is 0 Å². The van der Waals surface area contributed by atoms with Crippen LogP contribution in [-0.2, 0) is 0 Å². The van der Waals surface area contributed by atoms with E-state index in [1.165, 1.54) is 12.5 Å². The lowest BCUT2D eigenvalue weighted by molar-refractivity contribution is 0.101. The number of ketones is 1. The zero-order valence-electron chi connectivity index (χ0n) is 18.9. The van der Waals surface area contributed by atoms with E-state index in [0.717, 1.165) is 11.3 Å². The van der Waals surface area contributed by atoms with Crippen LogP contribution in [0.15, 0.2) is 78.2 Å². The van der Waals surface area contributed by atoms with E-state index in [1.807, 2.05) is 18.2 Å². The first-order valence-corrected chi connectivity index (χ1v) is 11.7. The Labute approximate surface area is 209 Å². The molecule has 2 aromatic heterocycles. The minimum atomic E-state index is -0.497. The molecular weight excluding hydrogens is 478 g/mol. The van der Waals surface area contributed by atoms with Gasteiger partial charge < -0.3 is 9.72 Å². The second kappa shape index (κ2) is 9.80. The number of H-pyrrole nitrogens is 1. The summed E-state index contributed by atoms with van der Waals surface area (Å²) in [6.07, 6.45) is 0. The maximum atomic E-state index is 12.7. The first-order chi connectivity index (χ1) is 17.5. The van der Waals surface area contributed by atoms with Crippen molar-refractivity contribution in [1.29, 1.82) is 0 Å². The van der Waals surface area contributed by atoms with Crippen LogP contribution in [0.3, 0.4) is 0 Å². The van der Waals surface area contributed by atoms with Crippen molar-refractivity contribution in [2.24, 2.45) is 0 Å². The van der Waals surface area contributed by atoms with Crippen molar-refractivity contribution in [2.45, 2.75) is 0 Å². The number of fused-ring (bicyclic) bond motifs is 1. The first-order valence-electron chi connectivity index (χ1n) is 10.8. The number of carbonyl (C=O) groups excluding carboxylic acids is 3. The Morgan fingerprint density at radius 1 is 0.861 bits per heavy atom. The van der Waals surface area contributed by atoms with E-state index < -0.39 is 11.8 Å². The van der Waals surface area contributed by atoms with Gasteiger partial charge in [0.25, 0.3) is 11.8 Å². The predicted molar refractivity (Wildman–Crippen MR) is 137 cm³/mol. The highest BCUT2D eigenvalue weighted by atomic mass is 32.1. The van der Waals surface area contributed by atoms with Gasteiger partial charge in [0.05, 0.1) is 23.7 Å². The van der Waals surface area contributed by atoms with Gasteiger partial charge in [-0.1, -0.05) is 42.5 Å². The van der Waals surface area contributed by atoms with Gasteiger partial charge >= 0.3 is 0 Å². The number of aromatic nitrogens is 3. The summed E-state index contributed by atoms with van der Waals surface area (Å²) in [5, 5.41) is 7.14. The summed E-state index contributed by atoms with van der Waals surface area (Å²) in [5.41, 5.74) is 2.75. The van der Waals surface area contributed by atoms with Crippen LogP contribution in [-0.4, -0.2) is 39.7 Å². The summed E-state index contributed by atoms with van der Waals surface area (Å²) in [6, 6.07) is 20.9. The predicted octanol–water partition coefficient (Wildman–Crippen LogP) is 4.76. The number of imidazole rings is 1. The molecular formula is C26H19N5O4S. The third kappa shape index (κ3) is 4.70. The van der Waals surface area contributed by atoms with Gasteiger partial charge in [0.1, 0.15) is 11.4 Å². The summed E-state index contributed by atoms with van der Waals surface area (Å²) in [5.74, 6) is -0.359. The molecule has 0 aliphatic carbocycles. The van der Waals surface area contributed by atoms with E-state index in [4.69, 9.17) is 4.74 Å². The minimum Gasteiger partial charge on any atom is -0.496 e. The van der Waals surface area contributed by atoms with E-state index in [1.54, 1.807) is 54.6 Å². The standard InChI is InChI=1S/C26H19N5O4S/c1-35-21-10-6-5-9-17(21)23(33)31-26-29-20(14-36-26)24(34)30-25-27-18-12-11-16(13-19(18)28-25)22(32)15-7-3-2-4-8-15/h2-14H,1H3,(H,29,31,33)(H2,27,28,30,34). The fraction of sp³-hybridized carbons (Fsp3) is 0.0385. The molecule has 3 N–H and O–H groups in total. The molecule has 2 amide bonds. The zero-order valence-corrected chi connectivity index (χ0v) is 19.8. The summed E-state index contributed by atoms with van der Waals surface area (Å²) in [4.78, 5) is 49.6. The van der Waals surface area contributed by atoms with Crippen LogP contribution in [0.2, 0.25) is 0 Å². The molecule has 0 bridgehead atoms. The third-order valence-electron chi connectivity index (χ3n) is 5.32. The smallest absolute Gasteiger partial charge is 0.277 e. The molecule has 0 unspecified atom stereocenters. The molecule has 0 spiro atoms. The van der Waals surface area contributed by atoms with Crippen molar-refractivity contribution in [2.75, 3.05) is 17.7 Å². The molecule has 0 fully saturated rings. The largest absolute Gasteiger partial charge is 0.496 e. The summed E-state index contributed by atoms with van der Waals surface area (Å²) in [6.45, 7) is 0. The molecule has 0 aliphatic rings. The average Bonchev–Trinajstić information content (AvgIpc) is 3.54. The number of hydrogen-bond acceptors (Lipinski definition) is 7. The molecule has 3 aromatic carbocycles. The van der Waals surface area contributed by atoms with Gasteiger partial charge in [0.2, 0.25) is 5.95 Å². The summed E-state index contributed by atoms with van der Waals surface area (Å²) in [7, 11) is 1.48. The number of nitrogens with zero attached hydrogens (tertiary/aromatic N) is 2. The van der Waals surface area contributed by atoms with Crippen LogP contribution in [0.25, 0.3) is 11.0 Å². The molecule has 0 aliphatic heterocycles. The molecule has 9 nitrogen and oxygen atoms in total. The fourth-order valence-corrected chi connectivity index (χ4v) is 4.25. The number of anilines is 2. The molecule has 0 saturated heterocycles. The SMILES string of the molecule is COc1ccccc1C(=O)Nc1nc(C(=O)Nc2nc3cc(C(=O)c4ccccc4)ccc3[nH]2)cs1. The Balaban J connectivity index is 1.28. The molecule has 36 heavy (non-hydrogen) atoms. The van der Waals surface area contributed by atoms with Crippen molar-refractivity contribution < 1.29 is 19.1 Å². The van der Waals surface area contributed by atoms with Gasteiger partial charge in [-0.3, -0.25) is 25.0 Å². The number of methoxy groups -OCH3 is 1. The van der Waals surface area contributed by atoms with Crippen LogP contribution in [0.4, 0.5) is 11.1 Å². The zero-order chi connectivity index (χ0) is 25.1. The number of amides is 2. The van der Waals surface area contributed by atoms with Crippen LogP contribution in [0.1, 0.15) is 36.8 Å². The molecule has 0 saturated carbocycles.